The maximum absolute atomic E-state index is 11.8. The Hall–Kier alpha value is -3.15. The summed E-state index contributed by atoms with van der Waals surface area (Å²) < 4.78 is 28.1. The van der Waals surface area contributed by atoms with Crippen LogP contribution in [0.5, 0.6) is 0 Å². The molecule has 1 aliphatic rings. The van der Waals surface area contributed by atoms with E-state index in [-0.39, 0.29) is 37.5 Å². The van der Waals surface area contributed by atoms with Gasteiger partial charge >= 0.3 is 12.3 Å². The second kappa shape index (κ2) is 9.98. The van der Waals surface area contributed by atoms with Gasteiger partial charge < -0.3 is 34.0 Å². The molecular formula is C20H28N5O7. The van der Waals surface area contributed by atoms with Gasteiger partial charge in [-0.3, -0.25) is 0 Å². The minimum Gasteiger partial charge on any atom is -0.432 e. The van der Waals surface area contributed by atoms with Gasteiger partial charge in [0.25, 0.3) is 0 Å². The SMILES string of the molecule is CC(C)OC(=O)OC[C](COC(=O)OC(C)C)OC1(Cn2cnc3cnc(N)nc32)CC1. The molecule has 3 rings (SSSR count). The van der Waals surface area contributed by atoms with Crippen molar-refractivity contribution in [1.82, 2.24) is 19.5 Å². The number of nitrogen functional groups attached to an aromatic ring is 1. The number of nitrogens with two attached hydrogens (primary N) is 1. The molecule has 1 aliphatic carbocycles. The Balaban J connectivity index is 1.65. The van der Waals surface area contributed by atoms with Gasteiger partial charge in [-0.15, -0.1) is 0 Å². The third-order valence-electron chi connectivity index (χ3n) is 4.37. The molecule has 0 spiro atoms. The highest BCUT2D eigenvalue weighted by Crippen LogP contribution is 2.44. The molecular weight excluding hydrogens is 422 g/mol. The van der Waals surface area contributed by atoms with Gasteiger partial charge in [0.05, 0.1) is 36.9 Å². The van der Waals surface area contributed by atoms with Crippen molar-refractivity contribution in [3.8, 4) is 0 Å². The molecule has 0 unspecified atom stereocenters. The fraction of sp³-hybridized carbons (Fsp3) is 0.600. The van der Waals surface area contributed by atoms with Crippen LogP contribution in [0.4, 0.5) is 15.5 Å². The summed E-state index contributed by atoms with van der Waals surface area (Å²) in [6, 6.07) is 0. The minimum atomic E-state index is -0.844. The molecule has 0 bridgehead atoms. The number of aromatic nitrogens is 4. The van der Waals surface area contributed by atoms with Crippen LogP contribution < -0.4 is 5.73 Å². The topological polar surface area (TPSA) is 150 Å². The van der Waals surface area contributed by atoms with Gasteiger partial charge in [-0.25, -0.2) is 19.6 Å². The molecule has 175 valence electrons. The van der Waals surface area contributed by atoms with E-state index in [1.807, 2.05) is 4.57 Å². The monoisotopic (exact) mass is 450 g/mol. The van der Waals surface area contributed by atoms with Crippen LogP contribution in [-0.2, 0) is 30.2 Å². The Morgan fingerprint density at radius 3 is 2.19 bits per heavy atom. The zero-order valence-corrected chi connectivity index (χ0v) is 18.6. The number of hydrogen-bond acceptors (Lipinski definition) is 11. The number of hydrogen-bond donors (Lipinski definition) is 1. The standard InChI is InChI=1S/C20H28N5O7/c1-12(2)30-18(26)28-8-14(9-29-19(27)31-13(3)4)32-20(5-6-20)10-25-11-23-15-7-22-17(21)24-16(15)25/h7,11-13H,5-6,8-10H2,1-4H3,(H2,21,22,24). The summed E-state index contributed by atoms with van der Waals surface area (Å²) in [5.41, 5.74) is 6.31. The maximum atomic E-state index is 11.8. The van der Waals surface area contributed by atoms with Crippen molar-refractivity contribution >= 4 is 29.4 Å². The lowest BCUT2D eigenvalue weighted by molar-refractivity contribution is -0.0449. The smallest absolute Gasteiger partial charge is 0.432 e. The van der Waals surface area contributed by atoms with Crippen LogP contribution in [0.2, 0.25) is 0 Å². The number of rotatable bonds is 10. The van der Waals surface area contributed by atoms with Crippen molar-refractivity contribution in [3.63, 3.8) is 0 Å². The highest BCUT2D eigenvalue weighted by Gasteiger charge is 2.47. The summed E-state index contributed by atoms with van der Waals surface area (Å²) in [5.74, 6) is 0.145. The molecule has 32 heavy (non-hydrogen) atoms. The fourth-order valence-corrected chi connectivity index (χ4v) is 2.87. The van der Waals surface area contributed by atoms with Crippen LogP contribution in [0.25, 0.3) is 11.2 Å². The lowest BCUT2D eigenvalue weighted by Crippen LogP contribution is -2.30. The Kier molecular flexibility index (Phi) is 7.33. The van der Waals surface area contributed by atoms with Crippen LogP contribution in [-0.4, -0.2) is 62.9 Å². The quantitative estimate of drug-likeness (QED) is 0.532. The van der Waals surface area contributed by atoms with E-state index in [0.717, 1.165) is 12.8 Å². The van der Waals surface area contributed by atoms with Gasteiger partial charge in [0, 0.05) is 0 Å². The normalized spacial score (nSPS) is 14.7. The second-order valence-corrected chi connectivity index (χ2v) is 8.04. The number of imidazole rings is 1. The molecule has 2 N–H and O–H groups in total. The Morgan fingerprint density at radius 1 is 1.06 bits per heavy atom. The highest BCUT2D eigenvalue weighted by molar-refractivity contribution is 5.70. The summed E-state index contributed by atoms with van der Waals surface area (Å²) in [5, 5.41) is 0. The van der Waals surface area contributed by atoms with E-state index >= 15 is 0 Å². The van der Waals surface area contributed by atoms with Crippen molar-refractivity contribution in [3.05, 3.63) is 18.6 Å². The van der Waals surface area contributed by atoms with Gasteiger partial charge in [0.1, 0.15) is 18.7 Å². The molecule has 2 heterocycles. The largest absolute Gasteiger partial charge is 0.508 e. The van der Waals surface area contributed by atoms with E-state index in [9.17, 15) is 9.59 Å². The van der Waals surface area contributed by atoms with Crippen LogP contribution in [0.15, 0.2) is 12.5 Å². The zero-order valence-electron chi connectivity index (χ0n) is 18.6. The summed E-state index contributed by atoms with van der Waals surface area (Å²) in [7, 11) is 0. The van der Waals surface area contributed by atoms with E-state index in [1.54, 1.807) is 40.2 Å². The van der Waals surface area contributed by atoms with Gasteiger partial charge in [-0.05, 0) is 40.5 Å². The first-order valence-electron chi connectivity index (χ1n) is 10.3. The summed E-state index contributed by atoms with van der Waals surface area (Å²) in [6.45, 7) is 6.79. The predicted molar refractivity (Wildman–Crippen MR) is 111 cm³/mol. The summed E-state index contributed by atoms with van der Waals surface area (Å²) in [4.78, 5) is 36.0. The van der Waals surface area contributed by atoms with Crippen LogP contribution in [0.1, 0.15) is 40.5 Å². The van der Waals surface area contributed by atoms with Gasteiger partial charge in [0.15, 0.2) is 11.8 Å². The Labute approximate surface area is 185 Å². The van der Waals surface area contributed by atoms with E-state index in [4.69, 9.17) is 29.4 Å². The molecule has 12 nitrogen and oxygen atoms in total. The average molecular weight is 450 g/mol. The first-order valence-corrected chi connectivity index (χ1v) is 10.3. The fourth-order valence-electron chi connectivity index (χ4n) is 2.87. The third-order valence-corrected chi connectivity index (χ3v) is 4.37. The minimum absolute atomic E-state index is 0.145. The lowest BCUT2D eigenvalue weighted by Gasteiger charge is -2.24. The van der Waals surface area contributed by atoms with Crippen LogP contribution in [0.3, 0.4) is 0 Å². The molecule has 0 aromatic carbocycles. The van der Waals surface area contributed by atoms with E-state index < -0.39 is 17.9 Å². The van der Waals surface area contributed by atoms with E-state index in [1.165, 1.54) is 0 Å². The maximum Gasteiger partial charge on any atom is 0.508 e. The molecule has 2 aromatic rings. The Bertz CT molecular complexity index is 916. The molecule has 1 fully saturated rings. The first kappa shape index (κ1) is 23.5. The first-order chi connectivity index (χ1) is 15.2. The lowest BCUT2D eigenvalue weighted by atomic mass is 10.3. The second-order valence-electron chi connectivity index (χ2n) is 8.04. The summed E-state index contributed by atoms with van der Waals surface area (Å²) >= 11 is 0. The van der Waals surface area contributed by atoms with Gasteiger partial charge in [-0.1, -0.05) is 0 Å². The Morgan fingerprint density at radius 2 is 1.66 bits per heavy atom. The number of carbonyl (C=O) groups excluding carboxylic acids is 2. The number of nitrogens with zero attached hydrogens (tertiary/aromatic N) is 4. The van der Waals surface area contributed by atoms with Crippen LogP contribution in [0, 0.1) is 6.10 Å². The van der Waals surface area contributed by atoms with Crippen molar-refractivity contribution < 1.29 is 33.3 Å². The van der Waals surface area contributed by atoms with E-state index in [2.05, 4.69) is 15.0 Å². The molecule has 1 radical (unpaired) electrons. The predicted octanol–water partition coefficient (Wildman–Crippen LogP) is 2.61. The molecule has 2 aromatic heterocycles. The molecule has 0 saturated heterocycles. The molecule has 1 saturated carbocycles. The van der Waals surface area contributed by atoms with Crippen LogP contribution >= 0.6 is 0 Å². The van der Waals surface area contributed by atoms with Gasteiger partial charge in [0.2, 0.25) is 5.95 Å². The number of carbonyl (C=O) groups is 2. The van der Waals surface area contributed by atoms with Crippen molar-refractivity contribution in [2.75, 3.05) is 18.9 Å². The third kappa shape index (κ3) is 6.67. The number of ether oxygens (including phenoxy) is 5. The molecule has 0 amide bonds. The van der Waals surface area contributed by atoms with Crippen molar-refractivity contribution in [1.29, 1.82) is 0 Å². The summed E-state index contributed by atoms with van der Waals surface area (Å²) in [6.07, 6.45) is 2.57. The molecule has 0 atom stereocenters. The van der Waals surface area contributed by atoms with Gasteiger partial charge in [-0.2, -0.15) is 4.98 Å². The zero-order chi connectivity index (χ0) is 23.3. The number of anilines is 1. The average Bonchev–Trinajstić information content (AvgIpc) is 3.35. The number of fused-ring (bicyclic) bond motifs is 1. The highest BCUT2D eigenvalue weighted by atomic mass is 16.7. The molecule has 0 aliphatic heterocycles. The van der Waals surface area contributed by atoms with E-state index in [0.29, 0.717) is 17.7 Å². The molecule has 12 heteroatoms. The van der Waals surface area contributed by atoms with Crippen molar-refractivity contribution in [2.24, 2.45) is 0 Å². The van der Waals surface area contributed by atoms with Crippen molar-refractivity contribution in [2.45, 2.75) is 64.9 Å².